The van der Waals surface area contributed by atoms with Crippen LogP contribution in [0, 0.1) is 6.92 Å². The number of anilines is 1. The minimum Gasteiger partial charge on any atom is -0.398 e. The van der Waals surface area contributed by atoms with Crippen LogP contribution in [-0.4, -0.2) is 16.9 Å². The summed E-state index contributed by atoms with van der Waals surface area (Å²) in [4.78, 5) is 6.51. The van der Waals surface area contributed by atoms with Crippen molar-refractivity contribution in [1.29, 1.82) is 0 Å². The summed E-state index contributed by atoms with van der Waals surface area (Å²) in [5.74, 6) is 0. The predicted octanol–water partition coefficient (Wildman–Crippen LogP) is 2.67. The second-order valence-corrected chi connectivity index (χ2v) is 5.07. The van der Waals surface area contributed by atoms with E-state index in [1.54, 1.807) is 11.3 Å². The van der Waals surface area contributed by atoms with Crippen molar-refractivity contribution in [3.63, 3.8) is 0 Å². The Morgan fingerprint density at radius 1 is 1.35 bits per heavy atom. The highest BCUT2D eigenvalue weighted by molar-refractivity contribution is 7.07. The molecule has 2 aromatic rings. The molecule has 17 heavy (non-hydrogen) atoms. The van der Waals surface area contributed by atoms with Gasteiger partial charge in [-0.3, -0.25) is 4.90 Å². The normalized spacial score (nSPS) is 11.0. The van der Waals surface area contributed by atoms with Crippen LogP contribution < -0.4 is 5.73 Å². The summed E-state index contributed by atoms with van der Waals surface area (Å²) in [6.07, 6.45) is 0. The van der Waals surface area contributed by atoms with Gasteiger partial charge in [0.2, 0.25) is 0 Å². The Bertz CT molecular complexity index is 479. The van der Waals surface area contributed by atoms with E-state index in [2.05, 4.69) is 35.3 Å². The molecule has 0 saturated heterocycles. The molecule has 1 aromatic heterocycles. The molecule has 2 rings (SSSR count). The van der Waals surface area contributed by atoms with Crippen molar-refractivity contribution in [2.45, 2.75) is 20.0 Å². The van der Waals surface area contributed by atoms with Crippen molar-refractivity contribution < 1.29 is 0 Å². The Morgan fingerprint density at radius 3 is 2.88 bits per heavy atom. The Kier molecular flexibility index (Phi) is 3.76. The third kappa shape index (κ3) is 3.28. The molecule has 0 radical (unpaired) electrons. The van der Waals surface area contributed by atoms with Gasteiger partial charge in [0.05, 0.1) is 11.2 Å². The van der Waals surface area contributed by atoms with Gasteiger partial charge in [0.25, 0.3) is 0 Å². The molecule has 0 saturated carbocycles. The molecule has 0 fully saturated rings. The van der Waals surface area contributed by atoms with Crippen molar-refractivity contribution in [3.05, 3.63) is 45.9 Å². The number of aromatic nitrogens is 1. The topological polar surface area (TPSA) is 42.1 Å². The summed E-state index contributed by atoms with van der Waals surface area (Å²) in [6, 6.07) is 6.16. The van der Waals surface area contributed by atoms with Crippen LogP contribution in [0.3, 0.4) is 0 Å². The van der Waals surface area contributed by atoms with E-state index in [0.717, 1.165) is 24.5 Å². The maximum atomic E-state index is 5.97. The second-order valence-electron chi connectivity index (χ2n) is 4.35. The van der Waals surface area contributed by atoms with Crippen molar-refractivity contribution in [3.8, 4) is 0 Å². The zero-order chi connectivity index (χ0) is 12.3. The highest BCUT2D eigenvalue weighted by atomic mass is 32.1. The summed E-state index contributed by atoms with van der Waals surface area (Å²) in [5.41, 5.74) is 12.2. The third-order valence-corrected chi connectivity index (χ3v) is 3.29. The number of hydrogen-bond acceptors (Lipinski definition) is 4. The summed E-state index contributed by atoms with van der Waals surface area (Å²) in [5, 5.41) is 2.08. The molecule has 3 nitrogen and oxygen atoms in total. The lowest BCUT2D eigenvalue weighted by molar-refractivity contribution is 0.316. The molecule has 0 aliphatic carbocycles. The van der Waals surface area contributed by atoms with Crippen molar-refractivity contribution in [1.82, 2.24) is 9.88 Å². The smallest absolute Gasteiger partial charge is 0.0795 e. The van der Waals surface area contributed by atoms with Crippen molar-refractivity contribution in [2.75, 3.05) is 12.8 Å². The van der Waals surface area contributed by atoms with Crippen LogP contribution in [0.4, 0.5) is 5.69 Å². The number of nitrogens with two attached hydrogens (primary N) is 1. The molecule has 2 N–H and O–H groups in total. The fourth-order valence-electron chi connectivity index (χ4n) is 1.81. The number of benzene rings is 1. The number of nitrogen functional groups attached to an aromatic ring is 1. The molecule has 0 atom stereocenters. The lowest BCUT2D eigenvalue weighted by Gasteiger charge is -2.17. The molecule has 0 aliphatic rings. The van der Waals surface area contributed by atoms with E-state index in [0.29, 0.717) is 0 Å². The lowest BCUT2D eigenvalue weighted by Crippen LogP contribution is -2.18. The van der Waals surface area contributed by atoms with E-state index < -0.39 is 0 Å². The van der Waals surface area contributed by atoms with Gasteiger partial charge in [-0.2, -0.15) is 0 Å². The van der Waals surface area contributed by atoms with E-state index in [4.69, 9.17) is 5.73 Å². The van der Waals surface area contributed by atoms with Crippen molar-refractivity contribution in [2.24, 2.45) is 0 Å². The zero-order valence-electron chi connectivity index (χ0n) is 10.2. The SMILES string of the molecule is Cc1ccc(N)c(CN(C)Cc2cscn2)c1. The Balaban J connectivity index is 2.02. The minimum absolute atomic E-state index is 0.852. The van der Waals surface area contributed by atoms with E-state index in [1.165, 1.54) is 11.1 Å². The lowest BCUT2D eigenvalue weighted by atomic mass is 10.1. The Morgan fingerprint density at radius 2 is 2.18 bits per heavy atom. The number of rotatable bonds is 4. The number of hydrogen-bond donors (Lipinski definition) is 1. The molecular formula is C13H17N3S. The number of nitrogens with zero attached hydrogens (tertiary/aromatic N) is 2. The first kappa shape index (κ1) is 12.1. The fourth-order valence-corrected chi connectivity index (χ4v) is 2.36. The van der Waals surface area contributed by atoms with Gasteiger partial charge < -0.3 is 5.73 Å². The largest absolute Gasteiger partial charge is 0.398 e. The van der Waals surface area contributed by atoms with Gasteiger partial charge in [-0.05, 0) is 25.6 Å². The molecule has 4 heteroatoms. The van der Waals surface area contributed by atoms with Gasteiger partial charge in [0.15, 0.2) is 0 Å². The standard InChI is InChI=1S/C13H17N3S/c1-10-3-4-13(14)11(5-10)6-16(2)7-12-8-17-9-15-12/h3-5,8-9H,6-7,14H2,1-2H3. The molecule has 0 amide bonds. The summed E-state index contributed by atoms with van der Waals surface area (Å²) in [7, 11) is 2.08. The first-order valence-electron chi connectivity index (χ1n) is 5.56. The molecule has 1 heterocycles. The average Bonchev–Trinajstić information content (AvgIpc) is 2.76. The maximum absolute atomic E-state index is 5.97. The first-order valence-corrected chi connectivity index (χ1v) is 6.50. The Labute approximate surface area is 106 Å². The molecular weight excluding hydrogens is 230 g/mol. The molecule has 0 bridgehead atoms. The quantitative estimate of drug-likeness (QED) is 0.845. The van der Waals surface area contributed by atoms with E-state index >= 15 is 0 Å². The van der Waals surface area contributed by atoms with Crippen LogP contribution >= 0.6 is 11.3 Å². The van der Waals surface area contributed by atoms with Gasteiger partial charge >= 0.3 is 0 Å². The minimum atomic E-state index is 0.852. The monoisotopic (exact) mass is 247 g/mol. The number of aryl methyl sites for hydroxylation is 1. The first-order chi connectivity index (χ1) is 8.15. The van der Waals surface area contributed by atoms with Gasteiger partial charge in [-0.15, -0.1) is 11.3 Å². The van der Waals surface area contributed by atoms with Crippen LogP contribution in [0.25, 0.3) is 0 Å². The fraction of sp³-hybridized carbons (Fsp3) is 0.308. The van der Waals surface area contributed by atoms with Gasteiger partial charge in [-0.25, -0.2) is 4.98 Å². The molecule has 0 spiro atoms. The Hall–Kier alpha value is -1.39. The van der Waals surface area contributed by atoms with Crippen LogP contribution in [0.15, 0.2) is 29.1 Å². The van der Waals surface area contributed by atoms with Gasteiger partial charge in [0, 0.05) is 24.2 Å². The highest BCUT2D eigenvalue weighted by Crippen LogP contribution is 2.16. The summed E-state index contributed by atoms with van der Waals surface area (Å²) < 4.78 is 0. The molecule has 90 valence electrons. The second kappa shape index (κ2) is 5.29. The van der Waals surface area contributed by atoms with Gasteiger partial charge in [-0.1, -0.05) is 17.7 Å². The molecule has 1 aromatic carbocycles. The van der Waals surface area contributed by atoms with Crippen LogP contribution in [0.2, 0.25) is 0 Å². The van der Waals surface area contributed by atoms with Crippen LogP contribution in [0.1, 0.15) is 16.8 Å². The summed E-state index contributed by atoms with van der Waals surface area (Å²) in [6.45, 7) is 3.80. The van der Waals surface area contributed by atoms with E-state index in [-0.39, 0.29) is 0 Å². The van der Waals surface area contributed by atoms with E-state index in [9.17, 15) is 0 Å². The highest BCUT2D eigenvalue weighted by Gasteiger charge is 2.06. The maximum Gasteiger partial charge on any atom is 0.0795 e. The van der Waals surface area contributed by atoms with E-state index in [1.807, 2.05) is 17.6 Å². The predicted molar refractivity (Wildman–Crippen MR) is 72.9 cm³/mol. The third-order valence-electron chi connectivity index (χ3n) is 2.65. The number of thiazole rings is 1. The van der Waals surface area contributed by atoms with Crippen molar-refractivity contribution >= 4 is 17.0 Å². The summed E-state index contributed by atoms with van der Waals surface area (Å²) >= 11 is 1.63. The van der Waals surface area contributed by atoms with Crippen LogP contribution in [-0.2, 0) is 13.1 Å². The molecule has 0 aliphatic heterocycles. The molecule has 0 unspecified atom stereocenters. The van der Waals surface area contributed by atoms with Crippen LogP contribution in [0.5, 0.6) is 0 Å². The zero-order valence-corrected chi connectivity index (χ0v) is 11.0. The average molecular weight is 247 g/mol. The van der Waals surface area contributed by atoms with Gasteiger partial charge in [0.1, 0.15) is 0 Å².